The predicted molar refractivity (Wildman–Crippen MR) is 106 cm³/mol. The second-order valence-electron chi connectivity index (χ2n) is 6.25. The Morgan fingerprint density at radius 3 is 2.07 bits per heavy atom. The maximum absolute atomic E-state index is 13.8. The number of benzene rings is 3. The molecule has 6 nitrogen and oxygen atoms in total. The van der Waals surface area contributed by atoms with Crippen molar-refractivity contribution in [2.24, 2.45) is 0 Å². The minimum absolute atomic E-state index is 0.140. The molecule has 0 aliphatic heterocycles. The molecule has 158 valence electrons. The summed E-state index contributed by atoms with van der Waals surface area (Å²) in [5, 5.41) is 0. The highest BCUT2D eigenvalue weighted by Crippen LogP contribution is 2.26. The van der Waals surface area contributed by atoms with E-state index in [0.29, 0.717) is 12.1 Å². The molecular weight excluding hydrogens is 441 g/mol. The summed E-state index contributed by atoms with van der Waals surface area (Å²) >= 11 is 0. The van der Waals surface area contributed by atoms with Gasteiger partial charge in [-0.2, -0.15) is 0 Å². The van der Waals surface area contributed by atoms with E-state index in [1.54, 1.807) is 0 Å². The Morgan fingerprint density at radius 1 is 0.700 bits per heavy atom. The fourth-order valence-electron chi connectivity index (χ4n) is 2.55. The molecule has 0 aliphatic carbocycles. The van der Waals surface area contributed by atoms with Crippen molar-refractivity contribution in [1.29, 1.82) is 0 Å². The topological polar surface area (TPSA) is 92.3 Å². The summed E-state index contributed by atoms with van der Waals surface area (Å²) in [5.74, 6) is -3.34. The van der Waals surface area contributed by atoms with Gasteiger partial charge in [0.15, 0.2) is 11.6 Å². The number of para-hydroxylation sites is 1. The quantitative estimate of drug-likeness (QED) is 0.586. The van der Waals surface area contributed by atoms with Gasteiger partial charge in [-0.15, -0.1) is 0 Å². The van der Waals surface area contributed by atoms with Gasteiger partial charge in [0.1, 0.15) is 5.82 Å². The third-order valence-electron chi connectivity index (χ3n) is 4.05. The molecule has 0 fully saturated rings. The van der Waals surface area contributed by atoms with Crippen molar-refractivity contribution in [3.63, 3.8) is 0 Å². The molecule has 0 atom stereocenters. The van der Waals surface area contributed by atoms with Crippen molar-refractivity contribution in [3.05, 3.63) is 83.7 Å². The largest absolute Gasteiger partial charge is 0.280 e. The Balaban J connectivity index is 1.95. The van der Waals surface area contributed by atoms with Crippen LogP contribution in [0.15, 0.2) is 70.5 Å². The van der Waals surface area contributed by atoms with Crippen LogP contribution in [0.4, 0.5) is 24.5 Å². The second-order valence-corrected chi connectivity index (χ2v) is 9.58. The Morgan fingerprint density at radius 2 is 1.40 bits per heavy atom. The zero-order valence-corrected chi connectivity index (χ0v) is 17.0. The monoisotopic (exact) mass is 456 g/mol. The van der Waals surface area contributed by atoms with E-state index in [4.69, 9.17) is 0 Å². The third-order valence-corrected chi connectivity index (χ3v) is 6.94. The molecule has 0 heterocycles. The summed E-state index contributed by atoms with van der Waals surface area (Å²) in [6.45, 7) is 1.48. The summed E-state index contributed by atoms with van der Waals surface area (Å²) in [4.78, 5) is -0.841. The molecular formula is C19H15F3N2O4S2. The van der Waals surface area contributed by atoms with E-state index >= 15 is 0 Å². The summed E-state index contributed by atoms with van der Waals surface area (Å²) in [6.07, 6.45) is 0. The van der Waals surface area contributed by atoms with Crippen molar-refractivity contribution in [2.75, 3.05) is 9.44 Å². The summed E-state index contributed by atoms with van der Waals surface area (Å²) in [6, 6.07) is 10.9. The lowest BCUT2D eigenvalue weighted by Crippen LogP contribution is -2.17. The molecule has 3 aromatic carbocycles. The molecule has 0 bridgehead atoms. The Labute approximate surface area is 171 Å². The standard InChI is InChI=1S/C19H15F3N2O4S2/c1-12-6-7-13(23-29(25,26)14-8-9-15(20)17(22)11-14)10-19(12)30(27,28)24-18-5-3-2-4-16(18)21/h2-11,23-24H,1H3. The zero-order valence-electron chi connectivity index (χ0n) is 15.4. The molecule has 3 rings (SSSR count). The highest BCUT2D eigenvalue weighted by molar-refractivity contribution is 7.93. The minimum atomic E-state index is -4.33. The molecule has 0 saturated heterocycles. The van der Waals surface area contributed by atoms with Crippen LogP contribution >= 0.6 is 0 Å². The van der Waals surface area contributed by atoms with Crippen molar-refractivity contribution in [1.82, 2.24) is 0 Å². The Hall–Kier alpha value is -3.05. The number of anilines is 2. The molecule has 11 heteroatoms. The van der Waals surface area contributed by atoms with Crippen LogP contribution in [0.2, 0.25) is 0 Å². The summed E-state index contributed by atoms with van der Waals surface area (Å²) < 4.78 is 94.7. The van der Waals surface area contributed by atoms with E-state index in [1.807, 2.05) is 0 Å². The molecule has 0 aliphatic rings. The lowest BCUT2D eigenvalue weighted by molar-refractivity contribution is 0.504. The first kappa shape index (κ1) is 21.7. The van der Waals surface area contributed by atoms with Crippen LogP contribution in [0.1, 0.15) is 5.56 Å². The number of sulfonamides is 2. The molecule has 0 unspecified atom stereocenters. The normalized spacial score (nSPS) is 11.9. The van der Waals surface area contributed by atoms with Gasteiger partial charge < -0.3 is 0 Å². The number of halogens is 3. The number of hydrogen-bond acceptors (Lipinski definition) is 4. The fraction of sp³-hybridized carbons (Fsp3) is 0.0526. The number of rotatable bonds is 6. The van der Waals surface area contributed by atoms with Crippen molar-refractivity contribution >= 4 is 31.4 Å². The lowest BCUT2D eigenvalue weighted by atomic mass is 10.2. The lowest BCUT2D eigenvalue weighted by Gasteiger charge is -2.14. The summed E-state index contributed by atoms with van der Waals surface area (Å²) in [5.41, 5.74) is -0.140. The highest BCUT2D eigenvalue weighted by Gasteiger charge is 2.21. The van der Waals surface area contributed by atoms with Gasteiger partial charge in [0.2, 0.25) is 0 Å². The highest BCUT2D eigenvalue weighted by atomic mass is 32.2. The molecule has 3 aromatic rings. The average Bonchev–Trinajstić information content (AvgIpc) is 2.67. The number of nitrogens with one attached hydrogen (secondary N) is 2. The molecule has 0 radical (unpaired) electrons. The fourth-order valence-corrected chi connectivity index (χ4v) is 4.95. The van der Waals surface area contributed by atoms with E-state index in [-0.39, 0.29) is 21.8 Å². The van der Waals surface area contributed by atoms with Crippen LogP contribution in [0.3, 0.4) is 0 Å². The first-order valence-corrected chi connectivity index (χ1v) is 11.3. The third kappa shape index (κ3) is 4.57. The Kier molecular flexibility index (Phi) is 5.77. The first-order valence-electron chi connectivity index (χ1n) is 8.35. The molecule has 30 heavy (non-hydrogen) atoms. The van der Waals surface area contributed by atoms with Gasteiger partial charge in [0, 0.05) is 0 Å². The van der Waals surface area contributed by atoms with E-state index in [1.165, 1.54) is 37.3 Å². The van der Waals surface area contributed by atoms with Gasteiger partial charge in [-0.25, -0.2) is 30.0 Å². The maximum Gasteiger partial charge on any atom is 0.262 e. The van der Waals surface area contributed by atoms with Gasteiger partial charge in [-0.1, -0.05) is 18.2 Å². The van der Waals surface area contributed by atoms with Gasteiger partial charge in [-0.05, 0) is 55.0 Å². The van der Waals surface area contributed by atoms with Crippen molar-refractivity contribution < 1.29 is 30.0 Å². The maximum atomic E-state index is 13.8. The number of aryl methyl sites for hydroxylation is 1. The van der Waals surface area contributed by atoms with E-state index in [2.05, 4.69) is 9.44 Å². The van der Waals surface area contributed by atoms with Crippen LogP contribution in [-0.2, 0) is 20.0 Å². The van der Waals surface area contributed by atoms with Crippen LogP contribution in [0, 0.1) is 24.4 Å². The van der Waals surface area contributed by atoms with Crippen molar-refractivity contribution in [2.45, 2.75) is 16.7 Å². The van der Waals surface area contributed by atoms with Gasteiger partial charge in [0.05, 0.1) is 21.2 Å². The average molecular weight is 456 g/mol. The van der Waals surface area contributed by atoms with Gasteiger partial charge in [0.25, 0.3) is 20.0 Å². The first-order chi connectivity index (χ1) is 14.0. The molecule has 0 saturated carbocycles. The molecule has 2 N–H and O–H groups in total. The second kappa shape index (κ2) is 8.00. The SMILES string of the molecule is Cc1ccc(NS(=O)(=O)c2ccc(F)c(F)c2)cc1S(=O)(=O)Nc1ccccc1F. The van der Waals surface area contributed by atoms with Crippen molar-refractivity contribution in [3.8, 4) is 0 Å². The van der Waals surface area contributed by atoms with E-state index < -0.39 is 42.4 Å². The van der Waals surface area contributed by atoms with Crippen LogP contribution in [0.5, 0.6) is 0 Å². The smallest absolute Gasteiger partial charge is 0.262 e. The summed E-state index contributed by atoms with van der Waals surface area (Å²) in [7, 11) is -8.58. The van der Waals surface area contributed by atoms with Crippen LogP contribution < -0.4 is 9.44 Å². The van der Waals surface area contributed by atoms with E-state index in [9.17, 15) is 30.0 Å². The van der Waals surface area contributed by atoms with Crippen LogP contribution in [0.25, 0.3) is 0 Å². The zero-order chi connectivity index (χ0) is 22.1. The molecule has 0 amide bonds. The minimum Gasteiger partial charge on any atom is -0.280 e. The molecule has 0 aromatic heterocycles. The predicted octanol–water partition coefficient (Wildman–Crippen LogP) is 4.01. The molecule has 0 spiro atoms. The van der Waals surface area contributed by atoms with E-state index in [0.717, 1.165) is 18.2 Å². The van der Waals surface area contributed by atoms with Gasteiger partial charge >= 0.3 is 0 Å². The number of hydrogen-bond donors (Lipinski definition) is 2. The van der Waals surface area contributed by atoms with Crippen LogP contribution in [-0.4, -0.2) is 16.8 Å². The Bertz CT molecular complexity index is 1330. The van der Waals surface area contributed by atoms with Gasteiger partial charge in [-0.3, -0.25) is 9.44 Å².